The summed E-state index contributed by atoms with van der Waals surface area (Å²) in [6.45, 7) is 3.16. The van der Waals surface area contributed by atoms with Crippen molar-refractivity contribution < 1.29 is 18.7 Å². The van der Waals surface area contributed by atoms with Crippen molar-refractivity contribution >= 4 is 5.91 Å². The summed E-state index contributed by atoms with van der Waals surface area (Å²) in [4.78, 5) is 12.2. The number of ether oxygens (including phenoxy) is 2. The molecule has 2 aromatic carbocycles. The van der Waals surface area contributed by atoms with Gasteiger partial charge in [-0.1, -0.05) is 12.1 Å². The molecule has 1 amide bonds. The molecule has 0 atom stereocenters. The Balaban J connectivity index is 2.06. The second-order valence-corrected chi connectivity index (χ2v) is 5.00. The van der Waals surface area contributed by atoms with Crippen molar-refractivity contribution in [2.24, 2.45) is 0 Å². The lowest BCUT2D eigenvalue weighted by Gasteiger charge is -2.12. The van der Waals surface area contributed by atoms with E-state index in [0.29, 0.717) is 31.1 Å². The predicted molar refractivity (Wildman–Crippen MR) is 85.9 cm³/mol. The van der Waals surface area contributed by atoms with Crippen molar-refractivity contribution in [2.75, 3.05) is 13.7 Å². The largest absolute Gasteiger partial charge is 0.494 e. The highest BCUT2D eigenvalue weighted by atomic mass is 19.1. The van der Waals surface area contributed by atoms with E-state index in [9.17, 15) is 9.18 Å². The highest BCUT2D eigenvalue weighted by Gasteiger charge is 2.10. The second kappa shape index (κ2) is 8.29. The van der Waals surface area contributed by atoms with E-state index in [1.807, 2.05) is 6.92 Å². The molecule has 0 bridgehead atoms. The van der Waals surface area contributed by atoms with E-state index in [0.717, 1.165) is 11.1 Å². The minimum absolute atomic E-state index is 0.199. The first kappa shape index (κ1) is 17.0. The number of hydrogen-bond donors (Lipinski definition) is 1. The van der Waals surface area contributed by atoms with Crippen LogP contribution in [-0.4, -0.2) is 19.6 Å². The topological polar surface area (TPSA) is 47.6 Å². The van der Waals surface area contributed by atoms with E-state index >= 15 is 0 Å². The van der Waals surface area contributed by atoms with Gasteiger partial charge in [0, 0.05) is 24.8 Å². The van der Waals surface area contributed by atoms with Crippen LogP contribution in [0.2, 0.25) is 0 Å². The van der Waals surface area contributed by atoms with Crippen molar-refractivity contribution in [1.29, 1.82) is 0 Å². The summed E-state index contributed by atoms with van der Waals surface area (Å²) in [7, 11) is 1.59. The van der Waals surface area contributed by atoms with E-state index in [2.05, 4.69) is 5.32 Å². The molecule has 0 fully saturated rings. The summed E-state index contributed by atoms with van der Waals surface area (Å²) in [5, 5.41) is 2.81. The maximum Gasteiger partial charge on any atom is 0.251 e. The molecule has 0 radical (unpaired) electrons. The van der Waals surface area contributed by atoms with Gasteiger partial charge in [0.2, 0.25) is 0 Å². The molecule has 0 saturated heterocycles. The second-order valence-electron chi connectivity index (χ2n) is 5.00. The van der Waals surface area contributed by atoms with Gasteiger partial charge in [-0.2, -0.15) is 0 Å². The Morgan fingerprint density at radius 3 is 2.57 bits per heavy atom. The molecule has 0 aromatic heterocycles. The normalized spacial score (nSPS) is 10.4. The first-order chi connectivity index (χ1) is 11.1. The first-order valence-electron chi connectivity index (χ1n) is 7.41. The maximum atomic E-state index is 12.9. The third-order valence-electron chi connectivity index (χ3n) is 3.29. The zero-order valence-electron chi connectivity index (χ0n) is 13.3. The lowest BCUT2D eigenvalue weighted by Crippen LogP contribution is -2.23. The number of carbonyl (C=O) groups excluding carboxylic acids is 1. The Morgan fingerprint density at radius 1 is 1.17 bits per heavy atom. The standard InChI is InChI=1S/C18H20FNO3/c1-3-23-17-9-6-14(10-15(17)12-22-2)18(21)20-11-13-4-7-16(19)8-5-13/h4-10H,3,11-12H2,1-2H3,(H,20,21). The molecule has 0 aliphatic carbocycles. The molecule has 0 heterocycles. The Morgan fingerprint density at radius 2 is 1.91 bits per heavy atom. The lowest BCUT2D eigenvalue weighted by molar-refractivity contribution is 0.0950. The van der Waals surface area contributed by atoms with Gasteiger partial charge >= 0.3 is 0 Å². The summed E-state index contributed by atoms with van der Waals surface area (Å²) >= 11 is 0. The van der Waals surface area contributed by atoms with Crippen LogP contribution < -0.4 is 10.1 Å². The number of carbonyl (C=O) groups is 1. The number of hydrogen-bond acceptors (Lipinski definition) is 3. The highest BCUT2D eigenvalue weighted by Crippen LogP contribution is 2.21. The quantitative estimate of drug-likeness (QED) is 0.852. The molecular weight excluding hydrogens is 297 g/mol. The van der Waals surface area contributed by atoms with E-state index in [-0.39, 0.29) is 11.7 Å². The maximum absolute atomic E-state index is 12.9. The average Bonchev–Trinajstić information content (AvgIpc) is 2.56. The molecule has 1 N–H and O–H groups in total. The van der Waals surface area contributed by atoms with Crippen LogP contribution >= 0.6 is 0 Å². The molecule has 2 rings (SSSR count). The van der Waals surface area contributed by atoms with Gasteiger partial charge in [-0.05, 0) is 42.8 Å². The van der Waals surface area contributed by atoms with E-state index in [4.69, 9.17) is 9.47 Å². The van der Waals surface area contributed by atoms with Crippen LogP contribution in [0.5, 0.6) is 5.75 Å². The molecule has 4 nitrogen and oxygen atoms in total. The minimum Gasteiger partial charge on any atom is -0.494 e. The van der Waals surface area contributed by atoms with Gasteiger partial charge in [-0.25, -0.2) is 4.39 Å². The molecule has 0 unspecified atom stereocenters. The molecule has 5 heteroatoms. The van der Waals surface area contributed by atoms with E-state index in [1.54, 1.807) is 37.4 Å². The lowest BCUT2D eigenvalue weighted by atomic mass is 10.1. The summed E-state index contributed by atoms with van der Waals surface area (Å²) in [6.07, 6.45) is 0. The van der Waals surface area contributed by atoms with Gasteiger partial charge < -0.3 is 14.8 Å². The fourth-order valence-electron chi connectivity index (χ4n) is 2.17. The smallest absolute Gasteiger partial charge is 0.251 e. The van der Waals surface area contributed by atoms with E-state index < -0.39 is 0 Å². The van der Waals surface area contributed by atoms with Gasteiger partial charge in [-0.15, -0.1) is 0 Å². The van der Waals surface area contributed by atoms with Crippen LogP contribution in [0.25, 0.3) is 0 Å². The van der Waals surface area contributed by atoms with E-state index in [1.165, 1.54) is 12.1 Å². The number of benzene rings is 2. The van der Waals surface area contributed by atoms with Crippen molar-refractivity contribution in [1.82, 2.24) is 5.32 Å². The molecular formula is C18H20FNO3. The summed E-state index contributed by atoms with van der Waals surface area (Å²) < 4.78 is 23.5. The molecule has 0 aliphatic heterocycles. The predicted octanol–water partition coefficient (Wildman–Crippen LogP) is 3.30. The molecule has 2 aromatic rings. The van der Waals surface area contributed by atoms with Crippen LogP contribution in [0.3, 0.4) is 0 Å². The number of methoxy groups -OCH3 is 1. The third-order valence-corrected chi connectivity index (χ3v) is 3.29. The molecule has 0 spiro atoms. The number of halogens is 1. The highest BCUT2D eigenvalue weighted by molar-refractivity contribution is 5.94. The zero-order valence-corrected chi connectivity index (χ0v) is 13.3. The van der Waals surface area contributed by atoms with Crippen molar-refractivity contribution in [2.45, 2.75) is 20.1 Å². The van der Waals surface area contributed by atoms with Gasteiger partial charge in [0.1, 0.15) is 11.6 Å². The monoisotopic (exact) mass is 317 g/mol. The van der Waals surface area contributed by atoms with Gasteiger partial charge in [0.15, 0.2) is 0 Å². The Labute approximate surface area is 135 Å². The van der Waals surface area contributed by atoms with Gasteiger partial charge in [0.05, 0.1) is 13.2 Å². The molecule has 122 valence electrons. The summed E-state index contributed by atoms with van der Waals surface area (Å²) in [5.41, 5.74) is 2.19. The molecule has 0 aliphatic rings. The van der Waals surface area contributed by atoms with Crippen LogP contribution in [0.4, 0.5) is 4.39 Å². The van der Waals surface area contributed by atoms with Crippen LogP contribution in [0, 0.1) is 5.82 Å². The first-order valence-corrected chi connectivity index (χ1v) is 7.41. The molecule has 23 heavy (non-hydrogen) atoms. The minimum atomic E-state index is -0.296. The number of amides is 1. The Bertz CT molecular complexity index is 656. The van der Waals surface area contributed by atoms with Crippen molar-refractivity contribution in [3.8, 4) is 5.75 Å². The third kappa shape index (κ3) is 4.79. The van der Waals surface area contributed by atoms with Crippen LogP contribution in [-0.2, 0) is 17.9 Å². The molecule has 0 saturated carbocycles. The van der Waals surface area contributed by atoms with Crippen molar-refractivity contribution in [3.05, 3.63) is 65.0 Å². The summed E-state index contributed by atoms with van der Waals surface area (Å²) in [6, 6.07) is 11.3. The van der Waals surface area contributed by atoms with Crippen LogP contribution in [0.15, 0.2) is 42.5 Å². The van der Waals surface area contributed by atoms with Crippen molar-refractivity contribution in [3.63, 3.8) is 0 Å². The zero-order chi connectivity index (χ0) is 16.7. The summed E-state index contributed by atoms with van der Waals surface area (Å²) in [5.74, 6) is 0.218. The number of rotatable bonds is 7. The fraction of sp³-hybridized carbons (Fsp3) is 0.278. The number of nitrogens with one attached hydrogen (secondary N) is 1. The Hall–Kier alpha value is -2.40. The van der Waals surface area contributed by atoms with Gasteiger partial charge in [0.25, 0.3) is 5.91 Å². The van der Waals surface area contributed by atoms with Gasteiger partial charge in [-0.3, -0.25) is 4.79 Å². The SMILES string of the molecule is CCOc1ccc(C(=O)NCc2ccc(F)cc2)cc1COC. The fourth-order valence-corrected chi connectivity index (χ4v) is 2.17. The van der Waals surface area contributed by atoms with Crippen LogP contribution in [0.1, 0.15) is 28.4 Å². The Kier molecular flexibility index (Phi) is 6.11. The average molecular weight is 317 g/mol.